The van der Waals surface area contributed by atoms with Gasteiger partial charge in [-0.05, 0) is 30.5 Å². The van der Waals surface area contributed by atoms with Crippen molar-refractivity contribution in [3.63, 3.8) is 0 Å². The molecule has 0 aliphatic carbocycles. The summed E-state index contributed by atoms with van der Waals surface area (Å²) >= 11 is 0. The van der Waals surface area contributed by atoms with E-state index in [1.54, 1.807) is 10.8 Å². The lowest BCUT2D eigenvalue weighted by molar-refractivity contribution is -0.136. The lowest BCUT2D eigenvalue weighted by Gasteiger charge is -2.08. The van der Waals surface area contributed by atoms with E-state index in [1.165, 1.54) is 0 Å². The van der Waals surface area contributed by atoms with Gasteiger partial charge in [0.15, 0.2) is 0 Å². The second-order valence-electron chi connectivity index (χ2n) is 3.94. The minimum absolute atomic E-state index is 0.0178. The number of rotatable bonds is 2. The fourth-order valence-corrected chi connectivity index (χ4v) is 1.76. The van der Waals surface area contributed by atoms with Crippen LogP contribution in [0, 0.1) is 6.92 Å². The number of aromatic nitrogens is 1. The Bertz CT molecular complexity index is 496. The van der Waals surface area contributed by atoms with Gasteiger partial charge < -0.3 is 4.57 Å². The van der Waals surface area contributed by atoms with Crippen molar-refractivity contribution in [1.82, 2.24) is 4.57 Å². The molecular formula is C12H12F3N. The molecule has 0 radical (unpaired) electrons. The zero-order chi connectivity index (χ0) is 11.8. The molecule has 1 aromatic heterocycles. The number of benzene rings is 1. The van der Waals surface area contributed by atoms with Crippen LogP contribution in [0.5, 0.6) is 0 Å². The topological polar surface area (TPSA) is 4.93 Å². The number of alkyl halides is 3. The zero-order valence-corrected chi connectivity index (χ0v) is 8.88. The smallest absolute Gasteiger partial charge is 0.347 e. The van der Waals surface area contributed by atoms with Crippen LogP contribution in [0.25, 0.3) is 10.9 Å². The largest absolute Gasteiger partial charge is 0.390 e. The van der Waals surface area contributed by atoms with E-state index in [0.29, 0.717) is 0 Å². The van der Waals surface area contributed by atoms with E-state index in [9.17, 15) is 13.2 Å². The van der Waals surface area contributed by atoms with Crippen LogP contribution in [-0.2, 0) is 6.54 Å². The van der Waals surface area contributed by atoms with Crippen LogP contribution in [0.2, 0.25) is 0 Å². The Labute approximate surface area is 91.5 Å². The van der Waals surface area contributed by atoms with Gasteiger partial charge in [-0.15, -0.1) is 0 Å². The third kappa shape index (κ3) is 2.38. The summed E-state index contributed by atoms with van der Waals surface area (Å²) in [6, 6.07) is 7.59. The SMILES string of the molecule is Cc1ccc2c(ccn2CCC(F)(F)F)c1. The summed E-state index contributed by atoms with van der Waals surface area (Å²) in [5.41, 5.74) is 1.97. The average Bonchev–Trinajstić information content (AvgIpc) is 2.56. The molecule has 0 saturated heterocycles. The van der Waals surface area contributed by atoms with Crippen LogP contribution < -0.4 is 0 Å². The van der Waals surface area contributed by atoms with Crippen molar-refractivity contribution in [2.45, 2.75) is 26.1 Å². The fraction of sp³-hybridized carbons (Fsp3) is 0.333. The zero-order valence-electron chi connectivity index (χ0n) is 8.88. The molecule has 1 nitrogen and oxygen atoms in total. The normalized spacial score (nSPS) is 12.2. The summed E-state index contributed by atoms with van der Waals surface area (Å²) in [4.78, 5) is 0. The molecule has 0 unspecified atom stereocenters. The molecule has 0 aliphatic rings. The monoisotopic (exact) mass is 227 g/mol. The van der Waals surface area contributed by atoms with Crippen LogP contribution in [-0.4, -0.2) is 10.7 Å². The maximum Gasteiger partial charge on any atom is 0.390 e. The summed E-state index contributed by atoms with van der Waals surface area (Å²) in [5, 5.41) is 0.988. The molecule has 86 valence electrons. The second kappa shape index (κ2) is 3.85. The first-order valence-corrected chi connectivity index (χ1v) is 5.08. The number of hydrogen-bond donors (Lipinski definition) is 0. The van der Waals surface area contributed by atoms with Gasteiger partial charge in [-0.1, -0.05) is 11.6 Å². The summed E-state index contributed by atoms with van der Waals surface area (Å²) in [6.07, 6.45) is -3.18. The van der Waals surface area contributed by atoms with E-state index in [-0.39, 0.29) is 6.54 Å². The Morgan fingerprint density at radius 3 is 2.62 bits per heavy atom. The second-order valence-corrected chi connectivity index (χ2v) is 3.94. The molecule has 1 aromatic carbocycles. The lowest BCUT2D eigenvalue weighted by atomic mass is 10.2. The molecule has 0 bridgehead atoms. The lowest BCUT2D eigenvalue weighted by Crippen LogP contribution is -2.11. The molecule has 0 fully saturated rings. The fourth-order valence-electron chi connectivity index (χ4n) is 1.76. The van der Waals surface area contributed by atoms with Crippen LogP contribution in [0.1, 0.15) is 12.0 Å². The van der Waals surface area contributed by atoms with Crippen molar-refractivity contribution in [2.24, 2.45) is 0 Å². The van der Waals surface area contributed by atoms with Gasteiger partial charge in [-0.2, -0.15) is 13.2 Å². The number of nitrogens with zero attached hydrogens (tertiary/aromatic N) is 1. The van der Waals surface area contributed by atoms with Crippen LogP contribution in [0.15, 0.2) is 30.5 Å². The Hall–Kier alpha value is -1.45. The number of aryl methyl sites for hydroxylation is 2. The van der Waals surface area contributed by atoms with Crippen LogP contribution >= 0.6 is 0 Å². The first kappa shape index (κ1) is 11.0. The third-order valence-corrected chi connectivity index (χ3v) is 2.56. The molecule has 0 aliphatic heterocycles. The van der Waals surface area contributed by atoms with E-state index in [0.717, 1.165) is 16.5 Å². The van der Waals surface area contributed by atoms with Crippen molar-refractivity contribution in [2.75, 3.05) is 0 Å². The Balaban J connectivity index is 2.25. The molecule has 0 saturated carbocycles. The highest BCUT2D eigenvalue weighted by Crippen LogP contribution is 2.23. The van der Waals surface area contributed by atoms with Gasteiger partial charge in [0, 0.05) is 18.3 Å². The molecule has 4 heteroatoms. The minimum atomic E-state index is -4.10. The number of fused-ring (bicyclic) bond motifs is 1. The third-order valence-electron chi connectivity index (χ3n) is 2.56. The maximum absolute atomic E-state index is 12.1. The van der Waals surface area contributed by atoms with Gasteiger partial charge in [-0.25, -0.2) is 0 Å². The predicted octanol–water partition coefficient (Wildman–Crippen LogP) is 3.90. The molecule has 0 N–H and O–H groups in total. The Morgan fingerprint density at radius 2 is 1.94 bits per heavy atom. The average molecular weight is 227 g/mol. The van der Waals surface area contributed by atoms with Gasteiger partial charge in [0.25, 0.3) is 0 Å². The number of hydrogen-bond acceptors (Lipinski definition) is 0. The van der Waals surface area contributed by atoms with Crippen LogP contribution in [0.4, 0.5) is 13.2 Å². The standard InChI is InChI=1S/C12H12F3N/c1-9-2-3-11-10(8-9)4-6-16(11)7-5-12(13,14)15/h2-4,6,8H,5,7H2,1H3. The van der Waals surface area contributed by atoms with Crippen molar-refractivity contribution < 1.29 is 13.2 Å². The summed E-state index contributed by atoms with van der Waals surface area (Å²) in [7, 11) is 0. The number of halogens is 3. The van der Waals surface area contributed by atoms with Gasteiger partial charge in [0.2, 0.25) is 0 Å². The molecule has 2 rings (SSSR count). The highest BCUT2D eigenvalue weighted by atomic mass is 19.4. The predicted molar refractivity (Wildman–Crippen MR) is 57.3 cm³/mol. The molecule has 0 atom stereocenters. The van der Waals surface area contributed by atoms with Crippen molar-refractivity contribution in [1.29, 1.82) is 0 Å². The van der Waals surface area contributed by atoms with Gasteiger partial charge in [-0.3, -0.25) is 0 Å². The highest BCUT2D eigenvalue weighted by molar-refractivity contribution is 5.80. The van der Waals surface area contributed by atoms with Crippen molar-refractivity contribution >= 4 is 10.9 Å². The van der Waals surface area contributed by atoms with Crippen molar-refractivity contribution in [3.05, 3.63) is 36.0 Å². The van der Waals surface area contributed by atoms with E-state index < -0.39 is 12.6 Å². The molecule has 1 heterocycles. The van der Waals surface area contributed by atoms with Gasteiger partial charge in [0.05, 0.1) is 6.42 Å². The quantitative estimate of drug-likeness (QED) is 0.733. The molecule has 0 spiro atoms. The van der Waals surface area contributed by atoms with Crippen molar-refractivity contribution in [3.8, 4) is 0 Å². The summed E-state index contributed by atoms with van der Waals surface area (Å²) in [5.74, 6) is 0. The molecule has 0 amide bonds. The Morgan fingerprint density at radius 1 is 1.19 bits per heavy atom. The molecular weight excluding hydrogens is 215 g/mol. The van der Waals surface area contributed by atoms with E-state index in [2.05, 4.69) is 0 Å². The van der Waals surface area contributed by atoms with E-state index in [4.69, 9.17) is 0 Å². The molecule has 2 aromatic rings. The van der Waals surface area contributed by atoms with E-state index in [1.807, 2.05) is 31.2 Å². The summed E-state index contributed by atoms with van der Waals surface area (Å²) in [6.45, 7) is 1.95. The Kier molecular flexibility index (Phi) is 2.66. The summed E-state index contributed by atoms with van der Waals surface area (Å²) < 4.78 is 37.9. The molecule has 16 heavy (non-hydrogen) atoms. The first-order valence-electron chi connectivity index (χ1n) is 5.08. The van der Waals surface area contributed by atoms with Crippen LogP contribution in [0.3, 0.4) is 0 Å². The van der Waals surface area contributed by atoms with E-state index >= 15 is 0 Å². The first-order chi connectivity index (χ1) is 7.46. The van der Waals surface area contributed by atoms with Gasteiger partial charge in [0.1, 0.15) is 0 Å². The highest BCUT2D eigenvalue weighted by Gasteiger charge is 2.26. The maximum atomic E-state index is 12.1. The van der Waals surface area contributed by atoms with Gasteiger partial charge >= 0.3 is 6.18 Å². The minimum Gasteiger partial charge on any atom is -0.347 e.